The molecule has 0 radical (unpaired) electrons. The fourth-order valence-electron chi connectivity index (χ4n) is 2.60. The van der Waals surface area contributed by atoms with Crippen LogP contribution in [-0.4, -0.2) is 42.5 Å². The molecule has 2 rings (SSSR count). The Balaban J connectivity index is 1.64. The minimum Gasteiger partial charge on any atom is -0.381 e. The van der Waals surface area contributed by atoms with Crippen LogP contribution < -0.4 is 5.73 Å². The highest BCUT2D eigenvalue weighted by Gasteiger charge is 2.31. The van der Waals surface area contributed by atoms with Gasteiger partial charge >= 0.3 is 0 Å². The number of hydrogen-bond acceptors (Lipinski definition) is 3. The maximum atomic E-state index is 12.0. The first-order chi connectivity index (χ1) is 10.2. The Morgan fingerprint density at radius 2 is 2.00 bits per heavy atom. The van der Waals surface area contributed by atoms with Gasteiger partial charge in [-0.3, -0.25) is 9.59 Å². The number of nitrogens with zero attached hydrogens (tertiary/aromatic N) is 1. The fourth-order valence-corrected chi connectivity index (χ4v) is 2.60. The molecule has 0 saturated carbocycles. The van der Waals surface area contributed by atoms with Crippen molar-refractivity contribution in [1.29, 1.82) is 0 Å². The van der Waals surface area contributed by atoms with E-state index in [0.717, 1.165) is 12.8 Å². The van der Waals surface area contributed by atoms with Crippen LogP contribution in [0.15, 0.2) is 30.3 Å². The van der Waals surface area contributed by atoms with Crippen molar-refractivity contribution in [3.63, 3.8) is 0 Å². The molecule has 0 bridgehead atoms. The van der Waals surface area contributed by atoms with Gasteiger partial charge in [-0.2, -0.15) is 0 Å². The highest BCUT2D eigenvalue weighted by atomic mass is 16.5. The maximum Gasteiger partial charge on any atom is 0.240 e. The van der Waals surface area contributed by atoms with Crippen LogP contribution in [0, 0.1) is 0 Å². The van der Waals surface area contributed by atoms with Crippen LogP contribution in [0.3, 0.4) is 0 Å². The molecule has 1 saturated heterocycles. The second-order valence-electron chi connectivity index (χ2n) is 5.25. The summed E-state index contributed by atoms with van der Waals surface area (Å²) in [5.74, 6) is -0.457. The summed E-state index contributed by atoms with van der Waals surface area (Å²) in [5, 5.41) is 0. The van der Waals surface area contributed by atoms with Gasteiger partial charge in [0.1, 0.15) is 6.04 Å². The Morgan fingerprint density at radius 1 is 1.24 bits per heavy atom. The number of carbonyl (C=O) groups excluding carboxylic acids is 2. The lowest BCUT2D eigenvalue weighted by Gasteiger charge is -2.22. The van der Waals surface area contributed by atoms with Crippen molar-refractivity contribution < 1.29 is 14.3 Å². The summed E-state index contributed by atoms with van der Waals surface area (Å²) in [5.41, 5.74) is 6.52. The molecular formula is C16H22N2O3. The number of ether oxygens (including phenoxy) is 1. The standard InChI is InChI=1S/C16H22N2O3/c17-16(20)14-7-4-10-18(14)15(19)9-12-21-11-8-13-5-2-1-3-6-13/h1-3,5-6,14H,4,7-12H2,(H2,17,20)/t14-/m0/s1. The summed E-state index contributed by atoms with van der Waals surface area (Å²) < 4.78 is 5.50. The lowest BCUT2D eigenvalue weighted by atomic mass is 10.2. The zero-order valence-corrected chi connectivity index (χ0v) is 12.2. The number of nitrogens with two attached hydrogens (primary N) is 1. The molecule has 5 nitrogen and oxygen atoms in total. The van der Waals surface area contributed by atoms with Crippen molar-refractivity contribution in [2.75, 3.05) is 19.8 Å². The van der Waals surface area contributed by atoms with Gasteiger partial charge in [0.2, 0.25) is 11.8 Å². The molecule has 21 heavy (non-hydrogen) atoms. The van der Waals surface area contributed by atoms with Crippen LogP contribution >= 0.6 is 0 Å². The summed E-state index contributed by atoms with van der Waals surface area (Å²) in [6, 6.07) is 9.65. The summed E-state index contributed by atoms with van der Waals surface area (Å²) in [6.45, 7) is 1.60. The number of carbonyl (C=O) groups is 2. The number of rotatable bonds is 7. The van der Waals surface area contributed by atoms with Gasteiger partial charge in [0.05, 0.1) is 19.6 Å². The third-order valence-corrected chi connectivity index (χ3v) is 3.74. The molecule has 1 aliphatic heterocycles. The molecule has 2 amide bonds. The van der Waals surface area contributed by atoms with Crippen molar-refractivity contribution >= 4 is 11.8 Å². The van der Waals surface area contributed by atoms with Crippen LogP contribution in [0.25, 0.3) is 0 Å². The molecule has 2 N–H and O–H groups in total. The Bertz CT molecular complexity index is 476. The lowest BCUT2D eigenvalue weighted by molar-refractivity contribution is -0.138. The largest absolute Gasteiger partial charge is 0.381 e. The smallest absolute Gasteiger partial charge is 0.240 e. The van der Waals surface area contributed by atoms with Crippen LogP contribution in [0.4, 0.5) is 0 Å². The Hall–Kier alpha value is -1.88. The van der Waals surface area contributed by atoms with Gasteiger partial charge in [-0.05, 0) is 24.8 Å². The Kier molecular flexibility index (Phi) is 5.75. The fraction of sp³-hybridized carbons (Fsp3) is 0.500. The molecule has 1 aromatic carbocycles. The first-order valence-corrected chi connectivity index (χ1v) is 7.39. The van der Waals surface area contributed by atoms with Crippen molar-refractivity contribution in [2.45, 2.75) is 31.7 Å². The van der Waals surface area contributed by atoms with Gasteiger partial charge in [-0.25, -0.2) is 0 Å². The monoisotopic (exact) mass is 290 g/mol. The number of hydrogen-bond donors (Lipinski definition) is 1. The minimum absolute atomic E-state index is 0.0454. The predicted molar refractivity (Wildman–Crippen MR) is 79.5 cm³/mol. The van der Waals surface area contributed by atoms with E-state index in [4.69, 9.17) is 10.5 Å². The molecular weight excluding hydrogens is 268 g/mol. The van der Waals surface area contributed by atoms with Gasteiger partial charge in [-0.1, -0.05) is 30.3 Å². The van der Waals surface area contributed by atoms with E-state index >= 15 is 0 Å². The van der Waals surface area contributed by atoms with Crippen molar-refractivity contribution in [3.8, 4) is 0 Å². The van der Waals surface area contributed by atoms with E-state index in [9.17, 15) is 9.59 Å². The van der Waals surface area contributed by atoms with E-state index in [1.165, 1.54) is 5.56 Å². The van der Waals surface area contributed by atoms with E-state index in [1.807, 2.05) is 18.2 Å². The molecule has 114 valence electrons. The predicted octanol–water partition coefficient (Wildman–Crippen LogP) is 1.11. The number of primary amides is 1. The zero-order chi connectivity index (χ0) is 15.1. The quantitative estimate of drug-likeness (QED) is 0.765. The first-order valence-electron chi connectivity index (χ1n) is 7.39. The highest BCUT2D eigenvalue weighted by Crippen LogP contribution is 2.17. The number of amides is 2. The first kappa shape index (κ1) is 15.5. The van der Waals surface area contributed by atoms with Gasteiger partial charge < -0.3 is 15.4 Å². The lowest BCUT2D eigenvalue weighted by Crippen LogP contribution is -2.43. The van der Waals surface area contributed by atoms with Crippen LogP contribution in [-0.2, 0) is 20.7 Å². The summed E-state index contributed by atoms with van der Waals surface area (Å²) in [7, 11) is 0. The van der Waals surface area contributed by atoms with Crippen molar-refractivity contribution in [1.82, 2.24) is 4.90 Å². The van der Waals surface area contributed by atoms with Gasteiger partial charge in [0, 0.05) is 6.54 Å². The number of likely N-dealkylation sites (tertiary alicyclic amines) is 1. The minimum atomic E-state index is -0.429. The summed E-state index contributed by atoms with van der Waals surface area (Å²) in [6.07, 6.45) is 2.66. The van der Waals surface area contributed by atoms with Crippen LogP contribution in [0.5, 0.6) is 0 Å². The molecule has 0 unspecified atom stereocenters. The SMILES string of the molecule is NC(=O)[C@@H]1CCCN1C(=O)CCOCCc1ccccc1. The summed E-state index contributed by atoms with van der Waals surface area (Å²) in [4.78, 5) is 24.9. The van der Waals surface area contributed by atoms with E-state index in [0.29, 0.717) is 32.6 Å². The molecule has 1 atom stereocenters. The van der Waals surface area contributed by atoms with Crippen molar-refractivity contribution in [3.05, 3.63) is 35.9 Å². The van der Waals surface area contributed by atoms with E-state index < -0.39 is 11.9 Å². The molecule has 5 heteroatoms. The Morgan fingerprint density at radius 3 is 2.71 bits per heavy atom. The average molecular weight is 290 g/mol. The van der Waals surface area contributed by atoms with Gasteiger partial charge in [-0.15, -0.1) is 0 Å². The Labute approximate surface area is 125 Å². The van der Waals surface area contributed by atoms with E-state index in [2.05, 4.69) is 12.1 Å². The molecule has 0 aliphatic carbocycles. The topological polar surface area (TPSA) is 72.6 Å². The second kappa shape index (κ2) is 7.78. The molecule has 0 aromatic heterocycles. The molecule has 1 aromatic rings. The number of benzene rings is 1. The average Bonchev–Trinajstić information content (AvgIpc) is 2.97. The highest BCUT2D eigenvalue weighted by molar-refractivity contribution is 5.87. The molecule has 1 heterocycles. The van der Waals surface area contributed by atoms with E-state index in [-0.39, 0.29) is 5.91 Å². The van der Waals surface area contributed by atoms with Gasteiger partial charge in [0.15, 0.2) is 0 Å². The third-order valence-electron chi connectivity index (χ3n) is 3.74. The third kappa shape index (κ3) is 4.56. The van der Waals surface area contributed by atoms with Crippen LogP contribution in [0.1, 0.15) is 24.8 Å². The molecule has 1 aliphatic rings. The van der Waals surface area contributed by atoms with Gasteiger partial charge in [0.25, 0.3) is 0 Å². The second-order valence-corrected chi connectivity index (χ2v) is 5.25. The molecule has 1 fully saturated rings. The maximum absolute atomic E-state index is 12.0. The van der Waals surface area contributed by atoms with Crippen molar-refractivity contribution in [2.24, 2.45) is 5.73 Å². The van der Waals surface area contributed by atoms with Crippen LogP contribution in [0.2, 0.25) is 0 Å². The summed E-state index contributed by atoms with van der Waals surface area (Å²) >= 11 is 0. The molecule has 0 spiro atoms. The zero-order valence-electron chi connectivity index (χ0n) is 12.2. The normalized spacial score (nSPS) is 17.9. The van der Waals surface area contributed by atoms with E-state index in [1.54, 1.807) is 4.90 Å².